The molecule has 10 N–H and O–H groups in total. The van der Waals surface area contributed by atoms with Crippen LogP contribution >= 0.6 is 11.8 Å². The highest BCUT2D eigenvalue weighted by molar-refractivity contribution is 7.98. The molecule has 0 heterocycles. The first-order valence-corrected chi connectivity index (χ1v) is 14.8. The molecular formula is C26H42N8O8S. The fourth-order valence-electron chi connectivity index (χ4n) is 3.29. The Morgan fingerprint density at radius 1 is 0.884 bits per heavy atom. The van der Waals surface area contributed by atoms with E-state index >= 15 is 0 Å². The standard InChI is InChI=1S/C26H42N8O8S/c1-3-4-5-8-20(36)33-18(9-10-23(39)40)24(41)31-15-22(38)34-19(11-13-43-2)25(42)30-14-21(37)32-17(16-35)7-6-12-29-26(27)28/h3-5,8,16-19H,6-7,9-15H2,1-2H3,(H,30,42)(H,31,41)(H,32,37)(H,33,36)(H,34,38)(H,39,40)(H4,27,28,29)/b4-3+,8-5+. The third-order valence-electron chi connectivity index (χ3n) is 5.42. The van der Waals surface area contributed by atoms with E-state index in [1.165, 1.54) is 17.8 Å². The lowest BCUT2D eigenvalue weighted by atomic mass is 10.1. The van der Waals surface area contributed by atoms with Crippen molar-refractivity contribution in [2.45, 2.75) is 57.2 Å². The minimum absolute atomic E-state index is 0.0859. The first-order chi connectivity index (χ1) is 20.4. The molecule has 0 saturated heterocycles. The van der Waals surface area contributed by atoms with Crippen molar-refractivity contribution in [1.29, 1.82) is 0 Å². The Labute approximate surface area is 254 Å². The lowest BCUT2D eigenvalue weighted by Gasteiger charge is -2.20. The van der Waals surface area contributed by atoms with Gasteiger partial charge in [0.15, 0.2) is 5.96 Å². The number of carbonyl (C=O) groups is 7. The number of thioether (sulfide) groups is 1. The monoisotopic (exact) mass is 626 g/mol. The van der Waals surface area contributed by atoms with Crippen molar-refractivity contribution in [2.75, 3.05) is 31.6 Å². The average molecular weight is 627 g/mol. The SMILES string of the molecule is C/C=C/C=C/C(=O)NC(CCC(=O)O)C(=O)NCC(=O)NC(CCSC)C(=O)NCC(=O)NC(C=O)CCCN=C(N)N. The topological polar surface area (TPSA) is 264 Å². The van der Waals surface area contributed by atoms with Gasteiger partial charge in [-0.3, -0.25) is 33.8 Å². The Balaban J connectivity index is 5.01. The van der Waals surface area contributed by atoms with E-state index in [2.05, 4.69) is 31.6 Å². The van der Waals surface area contributed by atoms with Crippen LogP contribution in [0.3, 0.4) is 0 Å². The van der Waals surface area contributed by atoms with Crippen LogP contribution in [-0.4, -0.2) is 103 Å². The maximum Gasteiger partial charge on any atom is 0.303 e. The van der Waals surface area contributed by atoms with E-state index in [1.54, 1.807) is 25.3 Å². The number of aldehydes is 1. The Bertz CT molecular complexity index is 1050. The normalized spacial score (nSPS) is 12.9. The molecule has 0 aromatic carbocycles. The molecule has 16 nitrogen and oxygen atoms in total. The highest BCUT2D eigenvalue weighted by Crippen LogP contribution is 2.02. The van der Waals surface area contributed by atoms with Crippen molar-refractivity contribution in [3.8, 4) is 0 Å². The minimum atomic E-state index is -1.22. The molecule has 0 fully saturated rings. The van der Waals surface area contributed by atoms with Gasteiger partial charge in [-0.1, -0.05) is 18.2 Å². The number of aliphatic imine (C=N–C) groups is 1. The summed E-state index contributed by atoms with van der Waals surface area (Å²) in [6.07, 6.45) is 8.56. The fraction of sp³-hybridized carbons (Fsp3) is 0.538. The highest BCUT2D eigenvalue weighted by atomic mass is 32.2. The summed E-state index contributed by atoms with van der Waals surface area (Å²) >= 11 is 1.42. The van der Waals surface area contributed by atoms with Crippen molar-refractivity contribution in [2.24, 2.45) is 16.5 Å². The number of nitrogens with one attached hydrogen (secondary N) is 5. The number of nitrogens with two attached hydrogens (primary N) is 2. The van der Waals surface area contributed by atoms with Gasteiger partial charge in [0.1, 0.15) is 18.4 Å². The number of nitrogens with zero attached hydrogens (tertiary/aromatic N) is 1. The molecule has 0 saturated carbocycles. The van der Waals surface area contributed by atoms with Crippen LogP contribution in [-0.2, 0) is 33.6 Å². The molecule has 0 aliphatic carbocycles. The number of hydrogen-bond acceptors (Lipinski definition) is 9. The number of carboxylic acid groups (broad SMARTS) is 1. The van der Waals surface area contributed by atoms with Gasteiger partial charge >= 0.3 is 5.97 Å². The molecule has 0 aromatic heterocycles. The number of allylic oxidation sites excluding steroid dienone is 3. The third-order valence-corrected chi connectivity index (χ3v) is 6.06. The number of guanidine groups is 1. The van der Waals surface area contributed by atoms with Crippen LogP contribution in [0, 0.1) is 0 Å². The highest BCUT2D eigenvalue weighted by Gasteiger charge is 2.24. The summed E-state index contributed by atoms with van der Waals surface area (Å²) in [5, 5.41) is 21.1. The quantitative estimate of drug-likeness (QED) is 0.0158. The van der Waals surface area contributed by atoms with Crippen LogP contribution in [0.15, 0.2) is 29.3 Å². The van der Waals surface area contributed by atoms with Gasteiger partial charge in [-0.05, 0) is 44.6 Å². The van der Waals surface area contributed by atoms with Crippen LogP contribution in [0.5, 0.6) is 0 Å². The second kappa shape index (κ2) is 23.2. The van der Waals surface area contributed by atoms with Gasteiger partial charge in [-0.15, -0.1) is 0 Å². The Morgan fingerprint density at radius 3 is 2.02 bits per heavy atom. The molecule has 0 bridgehead atoms. The molecule has 5 amide bonds. The van der Waals surface area contributed by atoms with E-state index in [1.807, 2.05) is 0 Å². The van der Waals surface area contributed by atoms with Crippen molar-refractivity contribution in [3.05, 3.63) is 24.3 Å². The van der Waals surface area contributed by atoms with Gasteiger partial charge < -0.3 is 48.0 Å². The zero-order chi connectivity index (χ0) is 32.6. The zero-order valence-electron chi connectivity index (χ0n) is 24.3. The maximum atomic E-state index is 12.7. The number of aliphatic carboxylic acids is 1. The lowest BCUT2D eigenvalue weighted by molar-refractivity contribution is -0.138. The fourth-order valence-corrected chi connectivity index (χ4v) is 3.76. The minimum Gasteiger partial charge on any atom is -0.481 e. The predicted molar refractivity (Wildman–Crippen MR) is 162 cm³/mol. The Kier molecular flexibility index (Phi) is 20.8. The summed E-state index contributed by atoms with van der Waals surface area (Å²) < 4.78 is 0. The molecule has 0 radical (unpaired) electrons. The maximum absolute atomic E-state index is 12.7. The summed E-state index contributed by atoms with van der Waals surface area (Å²) in [6.45, 7) is 1.02. The average Bonchev–Trinajstić information content (AvgIpc) is 2.96. The van der Waals surface area contributed by atoms with Gasteiger partial charge in [0, 0.05) is 19.0 Å². The molecule has 17 heteroatoms. The predicted octanol–water partition coefficient (Wildman–Crippen LogP) is -2.32. The molecule has 43 heavy (non-hydrogen) atoms. The van der Waals surface area contributed by atoms with Crippen molar-refractivity contribution < 1.29 is 38.7 Å². The number of hydrogen-bond donors (Lipinski definition) is 8. The van der Waals surface area contributed by atoms with Crippen molar-refractivity contribution >= 4 is 59.5 Å². The second-order valence-corrected chi connectivity index (χ2v) is 9.96. The summed E-state index contributed by atoms with van der Waals surface area (Å²) in [5.74, 6) is -4.18. The van der Waals surface area contributed by atoms with Gasteiger partial charge in [0.2, 0.25) is 29.5 Å². The molecule has 0 spiro atoms. The van der Waals surface area contributed by atoms with Crippen molar-refractivity contribution in [3.63, 3.8) is 0 Å². The van der Waals surface area contributed by atoms with Crippen LogP contribution in [0.2, 0.25) is 0 Å². The lowest BCUT2D eigenvalue weighted by Crippen LogP contribution is -2.53. The number of carboxylic acids is 1. The van der Waals surface area contributed by atoms with Crippen LogP contribution < -0.4 is 38.1 Å². The number of rotatable bonds is 22. The zero-order valence-corrected chi connectivity index (χ0v) is 25.1. The van der Waals surface area contributed by atoms with Crippen LogP contribution in [0.1, 0.15) is 39.0 Å². The van der Waals surface area contributed by atoms with E-state index in [4.69, 9.17) is 16.6 Å². The first kappa shape index (κ1) is 38.6. The van der Waals surface area contributed by atoms with Gasteiger partial charge in [-0.25, -0.2) is 0 Å². The van der Waals surface area contributed by atoms with Gasteiger partial charge in [-0.2, -0.15) is 11.8 Å². The summed E-state index contributed by atoms with van der Waals surface area (Å²) in [5.41, 5.74) is 10.5. The molecule has 240 valence electrons. The van der Waals surface area contributed by atoms with Crippen LogP contribution in [0.25, 0.3) is 0 Å². The molecule has 0 rings (SSSR count). The van der Waals surface area contributed by atoms with Crippen LogP contribution in [0.4, 0.5) is 0 Å². The smallest absolute Gasteiger partial charge is 0.303 e. The van der Waals surface area contributed by atoms with E-state index in [0.29, 0.717) is 18.5 Å². The van der Waals surface area contributed by atoms with E-state index in [0.717, 1.165) is 6.08 Å². The molecule has 0 aromatic rings. The summed E-state index contributed by atoms with van der Waals surface area (Å²) in [7, 11) is 0. The number of carbonyl (C=O) groups excluding carboxylic acids is 6. The van der Waals surface area contributed by atoms with Gasteiger partial charge in [0.05, 0.1) is 19.1 Å². The molecule has 3 atom stereocenters. The van der Waals surface area contributed by atoms with Gasteiger partial charge in [0.25, 0.3) is 0 Å². The second-order valence-electron chi connectivity index (χ2n) is 8.97. The molecule has 0 aliphatic heterocycles. The number of amides is 5. The molecule has 0 aliphatic rings. The molecular weight excluding hydrogens is 584 g/mol. The van der Waals surface area contributed by atoms with E-state index in [9.17, 15) is 33.6 Å². The van der Waals surface area contributed by atoms with E-state index in [-0.39, 0.29) is 31.8 Å². The summed E-state index contributed by atoms with van der Waals surface area (Å²) in [4.78, 5) is 88.2. The van der Waals surface area contributed by atoms with Crippen molar-refractivity contribution in [1.82, 2.24) is 26.6 Å². The Hall–Kier alpha value is -4.41. The Morgan fingerprint density at radius 2 is 1.49 bits per heavy atom. The first-order valence-electron chi connectivity index (χ1n) is 13.4. The summed E-state index contributed by atoms with van der Waals surface area (Å²) in [6, 6.07) is -3.06. The third kappa shape index (κ3) is 20.2. The molecule has 3 unspecified atom stereocenters. The van der Waals surface area contributed by atoms with E-state index < -0.39 is 73.1 Å². The largest absolute Gasteiger partial charge is 0.481 e.